The fraction of sp³-hybridized carbons (Fsp3) is 0.261. The topological polar surface area (TPSA) is 77.4 Å². The van der Waals surface area contributed by atoms with Crippen LogP contribution >= 0.6 is 0 Å². The van der Waals surface area contributed by atoms with Crippen LogP contribution in [0, 0.1) is 0 Å². The summed E-state index contributed by atoms with van der Waals surface area (Å²) in [5, 5.41) is 3.64. The Balaban J connectivity index is 1.69. The normalized spacial score (nSPS) is 11.8. The number of methoxy groups -OCH3 is 1. The van der Waals surface area contributed by atoms with E-state index in [0.717, 1.165) is 16.5 Å². The maximum absolute atomic E-state index is 12.5. The highest BCUT2D eigenvalue weighted by Crippen LogP contribution is 2.22. The van der Waals surface area contributed by atoms with E-state index in [9.17, 15) is 14.4 Å². The zero-order valence-corrected chi connectivity index (χ0v) is 16.6. The lowest BCUT2D eigenvalue weighted by molar-refractivity contribution is -0.145. The second-order valence-electron chi connectivity index (χ2n) is 6.89. The van der Waals surface area contributed by atoms with Gasteiger partial charge in [0.05, 0.1) is 7.11 Å². The van der Waals surface area contributed by atoms with E-state index in [-0.39, 0.29) is 18.1 Å². The average Bonchev–Trinajstić information content (AvgIpc) is 3.11. The molecule has 0 unspecified atom stereocenters. The largest absolute Gasteiger partial charge is 0.467 e. The highest BCUT2D eigenvalue weighted by atomic mass is 16.5. The van der Waals surface area contributed by atoms with E-state index in [1.807, 2.05) is 59.2 Å². The molecule has 1 amide bonds. The Bertz CT molecular complexity index is 1020. The fourth-order valence-electron chi connectivity index (χ4n) is 3.39. The van der Waals surface area contributed by atoms with E-state index in [1.54, 1.807) is 6.20 Å². The maximum atomic E-state index is 12.5. The van der Waals surface area contributed by atoms with E-state index < -0.39 is 12.0 Å². The number of hydrogen-bond donors (Lipinski definition) is 1. The molecule has 1 heterocycles. The van der Waals surface area contributed by atoms with Crippen molar-refractivity contribution < 1.29 is 19.1 Å². The molecule has 0 radical (unpaired) electrons. The number of rotatable bonds is 8. The van der Waals surface area contributed by atoms with Gasteiger partial charge in [-0.05, 0) is 18.6 Å². The summed E-state index contributed by atoms with van der Waals surface area (Å²) in [6.07, 6.45) is 2.32. The molecule has 0 saturated heterocycles. The van der Waals surface area contributed by atoms with Crippen LogP contribution in [0.15, 0.2) is 60.8 Å². The predicted molar refractivity (Wildman–Crippen MR) is 111 cm³/mol. The minimum atomic E-state index is -0.746. The monoisotopic (exact) mass is 392 g/mol. The standard InChI is InChI=1S/C23H24N2O4/c1-16(26)19-15-25(21-11-7-6-10-18(19)21)13-12-22(27)24-20(23(28)29-2)14-17-8-4-3-5-9-17/h3-11,15,20H,12-14H2,1-2H3,(H,24,27)/t20-/m0/s1. The number of nitrogens with zero attached hydrogens (tertiary/aromatic N) is 1. The van der Waals surface area contributed by atoms with Crippen LogP contribution in [-0.4, -0.2) is 35.4 Å². The molecule has 0 bridgehead atoms. The number of ether oxygens (including phenoxy) is 1. The minimum absolute atomic E-state index is 0.0157. The number of aryl methyl sites for hydroxylation is 1. The average molecular weight is 392 g/mol. The van der Waals surface area contributed by atoms with E-state index in [4.69, 9.17) is 4.74 Å². The van der Waals surface area contributed by atoms with Gasteiger partial charge in [0, 0.05) is 42.0 Å². The van der Waals surface area contributed by atoms with Crippen LogP contribution in [0.25, 0.3) is 10.9 Å². The van der Waals surface area contributed by atoms with Crippen LogP contribution in [0.2, 0.25) is 0 Å². The van der Waals surface area contributed by atoms with Crippen molar-refractivity contribution >= 4 is 28.6 Å². The first-order chi connectivity index (χ1) is 14.0. The molecule has 1 N–H and O–H groups in total. The highest BCUT2D eigenvalue weighted by Gasteiger charge is 2.22. The van der Waals surface area contributed by atoms with Crippen molar-refractivity contribution in [3.05, 3.63) is 71.9 Å². The van der Waals surface area contributed by atoms with E-state index in [0.29, 0.717) is 18.5 Å². The Morgan fingerprint density at radius 1 is 1.03 bits per heavy atom. The van der Waals surface area contributed by atoms with Gasteiger partial charge in [0.1, 0.15) is 6.04 Å². The third kappa shape index (κ3) is 4.90. The lowest BCUT2D eigenvalue weighted by atomic mass is 10.1. The Morgan fingerprint density at radius 3 is 2.41 bits per heavy atom. The van der Waals surface area contributed by atoms with E-state index in [1.165, 1.54) is 14.0 Å². The highest BCUT2D eigenvalue weighted by molar-refractivity contribution is 6.07. The Hall–Kier alpha value is -3.41. The van der Waals surface area contributed by atoms with Crippen LogP contribution in [-0.2, 0) is 27.3 Å². The number of amides is 1. The third-order valence-corrected chi connectivity index (χ3v) is 4.85. The number of hydrogen-bond acceptors (Lipinski definition) is 4. The number of ketones is 1. The SMILES string of the molecule is COC(=O)[C@H](Cc1ccccc1)NC(=O)CCn1cc(C(C)=O)c2ccccc21. The van der Waals surface area contributed by atoms with Crippen molar-refractivity contribution in [2.24, 2.45) is 0 Å². The molecule has 6 heteroatoms. The number of nitrogens with one attached hydrogen (secondary N) is 1. The zero-order valence-electron chi connectivity index (χ0n) is 16.6. The number of para-hydroxylation sites is 1. The van der Waals surface area contributed by atoms with Crippen molar-refractivity contribution in [2.45, 2.75) is 32.4 Å². The molecular formula is C23H24N2O4. The molecular weight excluding hydrogens is 368 g/mol. The molecule has 0 spiro atoms. The van der Waals surface area contributed by atoms with Gasteiger partial charge in [-0.2, -0.15) is 0 Å². The first-order valence-electron chi connectivity index (χ1n) is 9.49. The summed E-state index contributed by atoms with van der Waals surface area (Å²) >= 11 is 0. The molecule has 6 nitrogen and oxygen atoms in total. The van der Waals surface area contributed by atoms with Crippen LogP contribution in [0.4, 0.5) is 0 Å². The summed E-state index contributed by atoms with van der Waals surface area (Å²) in [4.78, 5) is 36.5. The number of esters is 1. The van der Waals surface area contributed by atoms with Crippen LogP contribution in [0.1, 0.15) is 29.3 Å². The Labute approximate surface area is 169 Å². The first kappa shape index (κ1) is 20.3. The van der Waals surface area contributed by atoms with Crippen molar-refractivity contribution in [3.8, 4) is 0 Å². The number of benzene rings is 2. The van der Waals surface area contributed by atoms with Gasteiger partial charge in [-0.15, -0.1) is 0 Å². The Kier molecular flexibility index (Phi) is 6.44. The van der Waals surface area contributed by atoms with Gasteiger partial charge in [-0.1, -0.05) is 48.5 Å². The molecule has 0 fully saturated rings. The van der Waals surface area contributed by atoms with Crippen LogP contribution < -0.4 is 5.32 Å². The summed E-state index contributed by atoms with van der Waals surface area (Å²) in [5.74, 6) is -0.746. The molecule has 3 rings (SSSR count). The molecule has 1 aromatic heterocycles. The molecule has 3 aromatic rings. The van der Waals surface area contributed by atoms with Crippen LogP contribution in [0.3, 0.4) is 0 Å². The second kappa shape index (κ2) is 9.19. The summed E-state index contributed by atoms with van der Waals surface area (Å²) in [5.41, 5.74) is 2.47. The molecule has 0 aliphatic rings. The summed E-state index contributed by atoms with van der Waals surface area (Å²) in [6, 6.07) is 16.3. The molecule has 0 aliphatic carbocycles. The van der Waals surface area contributed by atoms with Crippen molar-refractivity contribution in [3.63, 3.8) is 0 Å². The predicted octanol–water partition coefficient (Wildman–Crippen LogP) is 3.13. The van der Waals surface area contributed by atoms with Crippen molar-refractivity contribution in [2.75, 3.05) is 7.11 Å². The molecule has 1 atom stereocenters. The van der Waals surface area contributed by atoms with Gasteiger partial charge in [0.15, 0.2) is 5.78 Å². The van der Waals surface area contributed by atoms with Gasteiger partial charge >= 0.3 is 5.97 Å². The third-order valence-electron chi connectivity index (χ3n) is 4.85. The lowest BCUT2D eigenvalue weighted by Gasteiger charge is -2.17. The fourth-order valence-corrected chi connectivity index (χ4v) is 3.39. The number of fused-ring (bicyclic) bond motifs is 1. The first-order valence-corrected chi connectivity index (χ1v) is 9.49. The molecule has 29 heavy (non-hydrogen) atoms. The summed E-state index contributed by atoms with van der Waals surface area (Å²) in [6.45, 7) is 1.93. The quantitative estimate of drug-likeness (QED) is 0.472. The lowest BCUT2D eigenvalue weighted by Crippen LogP contribution is -2.43. The van der Waals surface area contributed by atoms with Crippen molar-refractivity contribution in [1.82, 2.24) is 9.88 Å². The van der Waals surface area contributed by atoms with E-state index in [2.05, 4.69) is 5.32 Å². The minimum Gasteiger partial charge on any atom is -0.467 e. The number of Topliss-reactive ketones (excluding diaryl/α,β-unsaturated/α-hetero) is 1. The second-order valence-corrected chi connectivity index (χ2v) is 6.89. The Morgan fingerprint density at radius 2 is 1.72 bits per heavy atom. The van der Waals surface area contributed by atoms with E-state index >= 15 is 0 Å². The van der Waals surface area contributed by atoms with Crippen molar-refractivity contribution in [1.29, 1.82) is 0 Å². The maximum Gasteiger partial charge on any atom is 0.328 e. The molecule has 0 aliphatic heterocycles. The molecule has 150 valence electrons. The molecule has 0 saturated carbocycles. The molecule has 2 aromatic carbocycles. The summed E-state index contributed by atoms with van der Waals surface area (Å²) in [7, 11) is 1.31. The number of carbonyl (C=O) groups is 3. The zero-order chi connectivity index (χ0) is 20.8. The number of carbonyl (C=O) groups excluding carboxylic acids is 3. The van der Waals surface area contributed by atoms with Gasteiger partial charge in [-0.3, -0.25) is 9.59 Å². The van der Waals surface area contributed by atoms with Gasteiger partial charge in [0.25, 0.3) is 0 Å². The van der Waals surface area contributed by atoms with Gasteiger partial charge in [-0.25, -0.2) is 4.79 Å². The summed E-state index contributed by atoms with van der Waals surface area (Å²) < 4.78 is 6.74. The van der Waals surface area contributed by atoms with Gasteiger partial charge in [0.2, 0.25) is 5.91 Å². The van der Waals surface area contributed by atoms with Gasteiger partial charge < -0.3 is 14.6 Å². The van der Waals surface area contributed by atoms with Crippen LogP contribution in [0.5, 0.6) is 0 Å². The number of aromatic nitrogens is 1. The smallest absolute Gasteiger partial charge is 0.328 e.